The summed E-state index contributed by atoms with van der Waals surface area (Å²) in [6, 6.07) is 7.16. The molecule has 0 unspecified atom stereocenters. The molecule has 0 spiro atoms. The van der Waals surface area contributed by atoms with E-state index in [2.05, 4.69) is 10.7 Å². The summed E-state index contributed by atoms with van der Waals surface area (Å²) < 4.78 is 5.77. The van der Waals surface area contributed by atoms with Crippen LogP contribution in [0.25, 0.3) is 0 Å². The van der Waals surface area contributed by atoms with E-state index in [0.717, 1.165) is 12.8 Å². The molecule has 110 valence electrons. The number of hydrazine groups is 1. The maximum absolute atomic E-state index is 12.0. The van der Waals surface area contributed by atoms with Gasteiger partial charge in [-0.15, -0.1) is 0 Å². The first-order chi connectivity index (χ1) is 9.81. The zero-order valence-corrected chi connectivity index (χ0v) is 11.7. The topological polar surface area (TPSA) is 76.4 Å². The summed E-state index contributed by atoms with van der Waals surface area (Å²) in [4.78, 5) is 12.0. The molecule has 1 aliphatic rings. The van der Waals surface area contributed by atoms with Crippen molar-refractivity contribution < 1.29 is 9.53 Å². The number of carbonyl (C=O) groups is 1. The van der Waals surface area contributed by atoms with Crippen LogP contribution in [0.1, 0.15) is 42.5 Å². The average Bonchev–Trinajstić information content (AvgIpc) is 2.52. The van der Waals surface area contributed by atoms with Crippen LogP contribution in [0.2, 0.25) is 0 Å². The predicted octanol–water partition coefficient (Wildman–Crippen LogP) is 2.05. The van der Waals surface area contributed by atoms with Crippen molar-refractivity contribution in [3.63, 3.8) is 0 Å². The molecule has 1 saturated carbocycles. The highest BCUT2D eigenvalue weighted by Gasteiger charge is 2.14. The molecule has 1 fully saturated rings. The fraction of sp³-hybridized carbons (Fsp3) is 0.533. The number of ether oxygens (including phenoxy) is 1. The van der Waals surface area contributed by atoms with Crippen molar-refractivity contribution in [3.8, 4) is 0 Å². The van der Waals surface area contributed by atoms with Gasteiger partial charge in [0.05, 0.1) is 24.0 Å². The number of nitrogens with one attached hydrogen (secondary N) is 2. The number of hydrogen-bond acceptors (Lipinski definition) is 4. The van der Waals surface area contributed by atoms with Crippen LogP contribution in [0, 0.1) is 0 Å². The van der Waals surface area contributed by atoms with E-state index in [1.165, 1.54) is 19.3 Å². The number of rotatable bonds is 6. The Morgan fingerprint density at radius 1 is 1.25 bits per heavy atom. The molecule has 0 saturated heterocycles. The molecule has 4 N–H and O–H groups in total. The smallest absolute Gasteiger partial charge is 0.253 e. The highest BCUT2D eigenvalue weighted by atomic mass is 16.5. The summed E-state index contributed by atoms with van der Waals surface area (Å²) in [6.45, 7) is 1.09. The first-order valence-corrected chi connectivity index (χ1v) is 7.26. The summed E-state index contributed by atoms with van der Waals surface area (Å²) in [5.41, 5.74) is 3.70. The third-order valence-electron chi connectivity index (χ3n) is 3.62. The largest absolute Gasteiger partial charge is 0.376 e. The van der Waals surface area contributed by atoms with Crippen molar-refractivity contribution >= 4 is 11.6 Å². The second-order valence-corrected chi connectivity index (χ2v) is 5.08. The van der Waals surface area contributed by atoms with Gasteiger partial charge in [0.1, 0.15) is 0 Å². The van der Waals surface area contributed by atoms with Crippen LogP contribution >= 0.6 is 0 Å². The SMILES string of the molecule is NNc1ccccc1C(=O)NCCOC1CCCCC1. The summed E-state index contributed by atoms with van der Waals surface area (Å²) >= 11 is 0. The van der Waals surface area contributed by atoms with E-state index < -0.39 is 0 Å². The van der Waals surface area contributed by atoms with Gasteiger partial charge in [0.15, 0.2) is 0 Å². The third kappa shape index (κ3) is 4.21. The molecule has 1 aliphatic carbocycles. The number of nitrogen functional groups attached to an aromatic ring is 1. The predicted molar refractivity (Wildman–Crippen MR) is 79.4 cm³/mol. The van der Waals surface area contributed by atoms with Gasteiger partial charge in [0.25, 0.3) is 5.91 Å². The van der Waals surface area contributed by atoms with E-state index in [1.54, 1.807) is 12.1 Å². The Bertz CT molecular complexity index is 431. The fourth-order valence-corrected chi connectivity index (χ4v) is 2.52. The van der Waals surface area contributed by atoms with Crippen molar-refractivity contribution in [3.05, 3.63) is 29.8 Å². The highest BCUT2D eigenvalue weighted by Crippen LogP contribution is 2.19. The Balaban J connectivity index is 1.72. The molecule has 0 atom stereocenters. The summed E-state index contributed by atoms with van der Waals surface area (Å²) in [5, 5.41) is 2.85. The van der Waals surface area contributed by atoms with Crippen LogP contribution in [0.5, 0.6) is 0 Å². The molecule has 1 aromatic rings. The molecule has 1 aromatic carbocycles. The van der Waals surface area contributed by atoms with Crippen LogP contribution in [-0.2, 0) is 4.74 Å². The van der Waals surface area contributed by atoms with E-state index in [4.69, 9.17) is 10.6 Å². The molecule has 0 bridgehead atoms. The van der Waals surface area contributed by atoms with E-state index in [-0.39, 0.29) is 5.91 Å². The number of carbonyl (C=O) groups excluding carboxylic acids is 1. The van der Waals surface area contributed by atoms with E-state index >= 15 is 0 Å². The Labute approximate surface area is 119 Å². The van der Waals surface area contributed by atoms with Crippen LogP contribution in [-0.4, -0.2) is 25.2 Å². The normalized spacial score (nSPS) is 15.8. The van der Waals surface area contributed by atoms with Gasteiger partial charge in [0.2, 0.25) is 0 Å². The summed E-state index contributed by atoms with van der Waals surface area (Å²) in [5.74, 6) is 5.25. The van der Waals surface area contributed by atoms with Crippen molar-refractivity contribution in [1.29, 1.82) is 0 Å². The van der Waals surface area contributed by atoms with Gasteiger partial charge < -0.3 is 15.5 Å². The molecule has 0 radical (unpaired) electrons. The van der Waals surface area contributed by atoms with Gasteiger partial charge in [-0.25, -0.2) is 0 Å². The second-order valence-electron chi connectivity index (χ2n) is 5.08. The lowest BCUT2D eigenvalue weighted by atomic mass is 9.98. The van der Waals surface area contributed by atoms with Crippen molar-refractivity contribution in [2.75, 3.05) is 18.6 Å². The van der Waals surface area contributed by atoms with Gasteiger partial charge in [-0.2, -0.15) is 0 Å². The zero-order valence-electron chi connectivity index (χ0n) is 11.7. The summed E-state index contributed by atoms with van der Waals surface area (Å²) in [7, 11) is 0. The minimum atomic E-state index is -0.134. The third-order valence-corrected chi connectivity index (χ3v) is 3.62. The Morgan fingerprint density at radius 3 is 2.75 bits per heavy atom. The van der Waals surface area contributed by atoms with Crippen LogP contribution in [0.15, 0.2) is 24.3 Å². The minimum Gasteiger partial charge on any atom is -0.376 e. The second kappa shape index (κ2) is 7.87. The van der Waals surface area contributed by atoms with E-state index in [1.807, 2.05) is 12.1 Å². The number of benzene rings is 1. The molecule has 1 amide bonds. The van der Waals surface area contributed by atoms with Crippen molar-refractivity contribution in [2.45, 2.75) is 38.2 Å². The molecule has 0 heterocycles. The molecule has 2 rings (SSSR count). The van der Waals surface area contributed by atoms with Crippen molar-refractivity contribution in [2.24, 2.45) is 5.84 Å². The standard InChI is InChI=1S/C15H23N3O2/c16-18-14-9-5-4-8-13(14)15(19)17-10-11-20-12-6-2-1-3-7-12/h4-5,8-9,12,18H,1-3,6-7,10-11,16H2,(H,17,19). The number of para-hydroxylation sites is 1. The lowest BCUT2D eigenvalue weighted by Gasteiger charge is -2.22. The van der Waals surface area contributed by atoms with E-state index in [9.17, 15) is 4.79 Å². The molecule has 5 nitrogen and oxygen atoms in total. The highest BCUT2D eigenvalue weighted by molar-refractivity contribution is 5.99. The first kappa shape index (κ1) is 14.8. The Kier molecular flexibility index (Phi) is 5.83. The van der Waals surface area contributed by atoms with Crippen LogP contribution in [0.4, 0.5) is 5.69 Å². The quantitative estimate of drug-likeness (QED) is 0.422. The van der Waals surface area contributed by atoms with Gasteiger partial charge in [-0.3, -0.25) is 10.6 Å². The Hall–Kier alpha value is -1.59. The number of anilines is 1. The van der Waals surface area contributed by atoms with Gasteiger partial charge in [0, 0.05) is 6.54 Å². The first-order valence-electron chi connectivity index (χ1n) is 7.26. The number of nitrogens with two attached hydrogens (primary N) is 1. The lowest BCUT2D eigenvalue weighted by molar-refractivity contribution is 0.0299. The molecule has 0 aromatic heterocycles. The molecule has 20 heavy (non-hydrogen) atoms. The number of amides is 1. The zero-order chi connectivity index (χ0) is 14.2. The molecule has 5 heteroatoms. The number of hydrogen-bond donors (Lipinski definition) is 3. The molecular weight excluding hydrogens is 254 g/mol. The maximum atomic E-state index is 12.0. The summed E-state index contributed by atoms with van der Waals surface area (Å²) in [6.07, 6.45) is 6.50. The van der Waals surface area contributed by atoms with Crippen LogP contribution in [0.3, 0.4) is 0 Å². The molecule has 0 aliphatic heterocycles. The monoisotopic (exact) mass is 277 g/mol. The minimum absolute atomic E-state index is 0.134. The van der Waals surface area contributed by atoms with E-state index in [0.29, 0.717) is 30.5 Å². The average molecular weight is 277 g/mol. The van der Waals surface area contributed by atoms with Gasteiger partial charge in [-0.05, 0) is 25.0 Å². The fourth-order valence-electron chi connectivity index (χ4n) is 2.52. The van der Waals surface area contributed by atoms with Gasteiger partial charge >= 0.3 is 0 Å². The van der Waals surface area contributed by atoms with Crippen molar-refractivity contribution in [1.82, 2.24) is 5.32 Å². The van der Waals surface area contributed by atoms with Crippen LogP contribution < -0.4 is 16.6 Å². The van der Waals surface area contributed by atoms with Gasteiger partial charge in [-0.1, -0.05) is 31.4 Å². The lowest BCUT2D eigenvalue weighted by Crippen LogP contribution is -2.30. The maximum Gasteiger partial charge on any atom is 0.253 e. The Morgan fingerprint density at radius 2 is 2.00 bits per heavy atom. The molecular formula is C15H23N3O2.